The molecule has 104 valence electrons. The Bertz CT molecular complexity index is 400. The maximum Gasteiger partial charge on any atom is 0.325 e. The minimum Gasteiger partial charge on any atom is -0.465 e. The average molecular weight is 264 g/mol. The van der Waals surface area contributed by atoms with Crippen LogP contribution in [-0.2, 0) is 14.3 Å². The number of morpholine rings is 1. The lowest BCUT2D eigenvalue weighted by molar-refractivity contribution is -0.140. The Labute approximate surface area is 113 Å². The predicted octanol–water partition coefficient (Wildman–Crippen LogP) is 1.50. The van der Waals surface area contributed by atoms with E-state index in [0.29, 0.717) is 6.61 Å². The normalized spacial score (nSPS) is 15.1. The van der Waals surface area contributed by atoms with E-state index < -0.39 is 0 Å². The molecule has 1 heterocycles. The maximum absolute atomic E-state index is 11.2. The van der Waals surface area contributed by atoms with Crippen LogP contribution in [0.1, 0.15) is 6.92 Å². The molecule has 0 bridgehead atoms. The third-order valence-corrected chi connectivity index (χ3v) is 2.99. The summed E-state index contributed by atoms with van der Waals surface area (Å²) in [6, 6.07) is 8.06. The molecule has 5 nitrogen and oxygen atoms in total. The molecule has 5 heteroatoms. The van der Waals surface area contributed by atoms with Crippen LogP contribution >= 0.6 is 0 Å². The molecule has 1 aliphatic rings. The number of anilines is 2. The number of carbonyl (C=O) groups excluding carboxylic acids is 1. The maximum atomic E-state index is 11.2. The van der Waals surface area contributed by atoms with Crippen LogP contribution in [0.3, 0.4) is 0 Å². The van der Waals surface area contributed by atoms with Crippen LogP contribution in [0, 0.1) is 0 Å². The number of rotatable bonds is 5. The highest BCUT2D eigenvalue weighted by molar-refractivity contribution is 5.75. The van der Waals surface area contributed by atoms with Crippen molar-refractivity contribution in [3.8, 4) is 0 Å². The van der Waals surface area contributed by atoms with Crippen LogP contribution in [0.2, 0.25) is 0 Å². The molecule has 0 aliphatic carbocycles. The standard InChI is InChI=1S/C14H20N2O3/c1-2-19-14(17)11-15-12-3-5-13(6-4-12)16-7-9-18-10-8-16/h3-6,15H,2,7-11H2,1H3. The Morgan fingerprint density at radius 1 is 1.32 bits per heavy atom. The fourth-order valence-corrected chi connectivity index (χ4v) is 2.00. The molecular formula is C14H20N2O3. The predicted molar refractivity (Wildman–Crippen MR) is 74.6 cm³/mol. The molecule has 0 aromatic heterocycles. The largest absolute Gasteiger partial charge is 0.465 e. The van der Waals surface area contributed by atoms with Crippen molar-refractivity contribution in [3.63, 3.8) is 0 Å². The topological polar surface area (TPSA) is 50.8 Å². The van der Waals surface area contributed by atoms with Gasteiger partial charge in [-0.3, -0.25) is 4.79 Å². The first-order valence-corrected chi connectivity index (χ1v) is 6.62. The van der Waals surface area contributed by atoms with Gasteiger partial charge in [0.05, 0.1) is 19.8 Å². The number of ether oxygens (including phenoxy) is 2. The third kappa shape index (κ3) is 4.13. The fraction of sp³-hybridized carbons (Fsp3) is 0.500. The van der Waals surface area contributed by atoms with Gasteiger partial charge in [0.1, 0.15) is 6.54 Å². The van der Waals surface area contributed by atoms with E-state index in [1.165, 1.54) is 5.69 Å². The van der Waals surface area contributed by atoms with Crippen molar-refractivity contribution in [2.45, 2.75) is 6.92 Å². The second kappa shape index (κ2) is 6.99. The molecule has 1 aromatic rings. The zero-order valence-corrected chi connectivity index (χ0v) is 11.2. The van der Waals surface area contributed by atoms with Crippen LogP contribution in [0.5, 0.6) is 0 Å². The number of carbonyl (C=O) groups is 1. The first-order valence-electron chi connectivity index (χ1n) is 6.62. The Kier molecular flexibility index (Phi) is 5.03. The molecule has 0 amide bonds. The van der Waals surface area contributed by atoms with Gasteiger partial charge in [-0.05, 0) is 31.2 Å². The Morgan fingerprint density at radius 3 is 2.63 bits per heavy atom. The molecule has 19 heavy (non-hydrogen) atoms. The molecule has 0 saturated carbocycles. The van der Waals surface area contributed by atoms with Crippen molar-refractivity contribution in [2.24, 2.45) is 0 Å². The van der Waals surface area contributed by atoms with E-state index in [0.717, 1.165) is 32.0 Å². The van der Waals surface area contributed by atoms with E-state index in [9.17, 15) is 4.79 Å². The molecule has 0 unspecified atom stereocenters. The van der Waals surface area contributed by atoms with Gasteiger partial charge in [-0.1, -0.05) is 0 Å². The van der Waals surface area contributed by atoms with E-state index in [1.807, 2.05) is 12.1 Å². The molecule has 2 rings (SSSR count). The van der Waals surface area contributed by atoms with Gasteiger partial charge < -0.3 is 19.7 Å². The van der Waals surface area contributed by atoms with Crippen molar-refractivity contribution in [1.82, 2.24) is 0 Å². The monoisotopic (exact) mass is 264 g/mol. The summed E-state index contributed by atoms with van der Waals surface area (Å²) in [7, 11) is 0. The van der Waals surface area contributed by atoms with Crippen LogP contribution in [0.4, 0.5) is 11.4 Å². The number of benzene rings is 1. The summed E-state index contributed by atoms with van der Waals surface area (Å²) in [6.45, 7) is 5.83. The van der Waals surface area contributed by atoms with Gasteiger partial charge >= 0.3 is 5.97 Å². The quantitative estimate of drug-likeness (QED) is 0.817. The van der Waals surface area contributed by atoms with Gasteiger partial charge in [0, 0.05) is 24.5 Å². The molecular weight excluding hydrogens is 244 g/mol. The van der Waals surface area contributed by atoms with Crippen LogP contribution in [-0.4, -0.2) is 45.4 Å². The van der Waals surface area contributed by atoms with Gasteiger partial charge in [0.25, 0.3) is 0 Å². The summed E-state index contributed by atoms with van der Waals surface area (Å²) in [4.78, 5) is 13.5. The van der Waals surface area contributed by atoms with E-state index in [2.05, 4.69) is 22.3 Å². The molecule has 0 radical (unpaired) electrons. The van der Waals surface area contributed by atoms with Gasteiger partial charge in [-0.15, -0.1) is 0 Å². The van der Waals surface area contributed by atoms with Crippen LogP contribution in [0.15, 0.2) is 24.3 Å². The van der Waals surface area contributed by atoms with Crippen LogP contribution in [0.25, 0.3) is 0 Å². The smallest absolute Gasteiger partial charge is 0.325 e. The SMILES string of the molecule is CCOC(=O)CNc1ccc(N2CCOCC2)cc1. The zero-order chi connectivity index (χ0) is 13.5. The molecule has 1 aromatic carbocycles. The number of hydrogen-bond donors (Lipinski definition) is 1. The third-order valence-electron chi connectivity index (χ3n) is 2.99. The molecule has 0 atom stereocenters. The lowest BCUT2D eigenvalue weighted by Crippen LogP contribution is -2.36. The molecule has 1 aliphatic heterocycles. The van der Waals surface area contributed by atoms with Gasteiger partial charge in [-0.2, -0.15) is 0 Å². The van der Waals surface area contributed by atoms with Crippen molar-refractivity contribution in [3.05, 3.63) is 24.3 Å². The minimum absolute atomic E-state index is 0.199. The first kappa shape index (κ1) is 13.7. The molecule has 1 N–H and O–H groups in total. The summed E-state index contributed by atoms with van der Waals surface area (Å²) < 4.78 is 10.2. The molecule has 1 saturated heterocycles. The van der Waals surface area contributed by atoms with Gasteiger partial charge in [0.2, 0.25) is 0 Å². The van der Waals surface area contributed by atoms with Crippen molar-refractivity contribution < 1.29 is 14.3 Å². The summed E-state index contributed by atoms with van der Waals surface area (Å²) in [5.74, 6) is -0.236. The Balaban J connectivity index is 1.85. The zero-order valence-electron chi connectivity index (χ0n) is 11.2. The molecule has 1 fully saturated rings. The number of nitrogens with zero attached hydrogens (tertiary/aromatic N) is 1. The highest BCUT2D eigenvalue weighted by Gasteiger charge is 2.10. The highest BCUT2D eigenvalue weighted by atomic mass is 16.5. The first-order chi connectivity index (χ1) is 9.29. The minimum atomic E-state index is -0.236. The van der Waals surface area contributed by atoms with Gasteiger partial charge in [0.15, 0.2) is 0 Å². The Hall–Kier alpha value is -1.75. The Morgan fingerprint density at radius 2 is 2.00 bits per heavy atom. The van der Waals surface area contributed by atoms with Crippen molar-refractivity contribution in [1.29, 1.82) is 0 Å². The van der Waals surface area contributed by atoms with E-state index in [1.54, 1.807) is 6.92 Å². The van der Waals surface area contributed by atoms with E-state index in [4.69, 9.17) is 9.47 Å². The second-order valence-corrected chi connectivity index (χ2v) is 4.30. The lowest BCUT2D eigenvalue weighted by atomic mass is 10.2. The summed E-state index contributed by atoms with van der Waals surface area (Å²) in [6.07, 6.45) is 0. The van der Waals surface area contributed by atoms with E-state index in [-0.39, 0.29) is 12.5 Å². The number of hydrogen-bond acceptors (Lipinski definition) is 5. The van der Waals surface area contributed by atoms with E-state index >= 15 is 0 Å². The van der Waals surface area contributed by atoms with Crippen molar-refractivity contribution >= 4 is 17.3 Å². The fourth-order valence-electron chi connectivity index (χ4n) is 2.00. The number of nitrogens with one attached hydrogen (secondary N) is 1. The van der Waals surface area contributed by atoms with Crippen molar-refractivity contribution in [2.75, 3.05) is 49.7 Å². The highest BCUT2D eigenvalue weighted by Crippen LogP contribution is 2.18. The summed E-state index contributed by atoms with van der Waals surface area (Å²) in [5, 5.41) is 3.04. The lowest BCUT2D eigenvalue weighted by Gasteiger charge is -2.28. The summed E-state index contributed by atoms with van der Waals surface area (Å²) >= 11 is 0. The van der Waals surface area contributed by atoms with Crippen LogP contribution < -0.4 is 10.2 Å². The number of esters is 1. The average Bonchev–Trinajstić information content (AvgIpc) is 2.47. The molecule has 0 spiro atoms. The second-order valence-electron chi connectivity index (χ2n) is 4.30. The van der Waals surface area contributed by atoms with Gasteiger partial charge in [-0.25, -0.2) is 0 Å². The summed E-state index contributed by atoms with van der Waals surface area (Å²) in [5.41, 5.74) is 2.11.